The van der Waals surface area contributed by atoms with Crippen molar-refractivity contribution >= 4 is 0 Å². The van der Waals surface area contributed by atoms with Crippen molar-refractivity contribution in [3.8, 4) is 11.5 Å². The fourth-order valence-electron chi connectivity index (χ4n) is 7.16. The van der Waals surface area contributed by atoms with Gasteiger partial charge in [0, 0.05) is 11.8 Å². The molecule has 0 spiro atoms. The molecule has 0 saturated carbocycles. The Balaban J connectivity index is 0.000000194. The van der Waals surface area contributed by atoms with Crippen LogP contribution in [0.15, 0.2) is 170 Å². The number of aliphatic hydroxyl groups is 2. The zero-order chi connectivity index (χ0) is 35.4. The molecule has 0 aliphatic heterocycles. The number of hydrogen-bond acceptors (Lipinski definition) is 4. The summed E-state index contributed by atoms with van der Waals surface area (Å²) >= 11 is 0. The highest BCUT2D eigenvalue weighted by molar-refractivity contribution is 5.46. The fourth-order valence-corrected chi connectivity index (χ4v) is 7.16. The van der Waals surface area contributed by atoms with E-state index in [-0.39, 0.29) is 11.8 Å². The van der Waals surface area contributed by atoms with Crippen molar-refractivity contribution in [2.24, 2.45) is 0 Å². The van der Waals surface area contributed by atoms with Gasteiger partial charge in [-0.05, 0) is 70.5 Å². The summed E-state index contributed by atoms with van der Waals surface area (Å²) in [6.45, 7) is 4.23. The van der Waals surface area contributed by atoms with Gasteiger partial charge in [0.25, 0.3) is 0 Å². The predicted molar refractivity (Wildman–Crippen MR) is 204 cm³/mol. The van der Waals surface area contributed by atoms with Gasteiger partial charge in [0.2, 0.25) is 0 Å². The van der Waals surface area contributed by atoms with Crippen LogP contribution in [0.5, 0.6) is 11.5 Å². The van der Waals surface area contributed by atoms with Gasteiger partial charge in [-0.3, -0.25) is 0 Å². The second-order valence-corrected chi connectivity index (χ2v) is 12.5. The van der Waals surface area contributed by atoms with Crippen molar-refractivity contribution in [3.05, 3.63) is 203 Å². The molecular weight excluding hydrogens is 617 g/mol. The Hall–Kier alpha value is -5.16. The zero-order valence-corrected chi connectivity index (χ0v) is 29.4. The highest BCUT2D eigenvalue weighted by Gasteiger charge is 2.41. The van der Waals surface area contributed by atoms with Gasteiger partial charge in [0.15, 0.2) is 0 Å². The van der Waals surface area contributed by atoms with Crippen LogP contribution in [0.25, 0.3) is 0 Å². The van der Waals surface area contributed by atoms with Crippen LogP contribution >= 0.6 is 0 Å². The predicted octanol–water partition coefficient (Wildman–Crippen LogP) is 10.2. The quantitative estimate of drug-likeness (QED) is 0.137. The second kappa shape index (κ2) is 17.0. The summed E-state index contributed by atoms with van der Waals surface area (Å²) in [6, 6.07) is 55.7. The molecule has 0 aromatic heterocycles. The molecule has 0 amide bonds. The third-order valence-electron chi connectivity index (χ3n) is 9.68. The lowest BCUT2D eigenvalue weighted by atomic mass is 9.72. The summed E-state index contributed by atoms with van der Waals surface area (Å²) in [6.07, 6.45) is 1.62. The first-order valence-electron chi connectivity index (χ1n) is 17.3. The topological polar surface area (TPSA) is 58.9 Å². The lowest BCUT2D eigenvalue weighted by Gasteiger charge is -2.37. The van der Waals surface area contributed by atoms with E-state index < -0.39 is 11.2 Å². The molecule has 0 bridgehead atoms. The molecule has 0 saturated heterocycles. The highest BCUT2D eigenvalue weighted by Crippen LogP contribution is 2.46. The Kier molecular flexibility index (Phi) is 12.3. The van der Waals surface area contributed by atoms with Crippen molar-refractivity contribution in [1.82, 2.24) is 0 Å². The van der Waals surface area contributed by atoms with Crippen LogP contribution < -0.4 is 9.47 Å². The number of benzene rings is 6. The first-order chi connectivity index (χ1) is 24.4. The molecule has 2 N–H and O–H groups in total. The van der Waals surface area contributed by atoms with Gasteiger partial charge in [-0.2, -0.15) is 0 Å². The van der Waals surface area contributed by atoms with Gasteiger partial charge < -0.3 is 19.7 Å². The first kappa shape index (κ1) is 36.1. The van der Waals surface area contributed by atoms with E-state index in [0.717, 1.165) is 57.7 Å². The number of ether oxygens (including phenoxy) is 2. The maximum absolute atomic E-state index is 12.0. The van der Waals surface area contributed by atoms with E-state index in [1.807, 2.05) is 146 Å². The smallest absolute Gasteiger partial charge is 0.122 e. The van der Waals surface area contributed by atoms with Crippen LogP contribution in [-0.2, 0) is 11.2 Å². The first-order valence-corrected chi connectivity index (χ1v) is 17.3. The van der Waals surface area contributed by atoms with Gasteiger partial charge in [0.05, 0.1) is 14.2 Å². The van der Waals surface area contributed by atoms with Crippen molar-refractivity contribution in [1.29, 1.82) is 0 Å². The van der Waals surface area contributed by atoms with Gasteiger partial charge in [-0.15, -0.1) is 0 Å². The molecule has 4 nitrogen and oxygen atoms in total. The maximum Gasteiger partial charge on any atom is 0.122 e. The molecule has 4 heteroatoms. The van der Waals surface area contributed by atoms with E-state index in [9.17, 15) is 10.2 Å². The number of hydrogen-bond donors (Lipinski definition) is 2. The van der Waals surface area contributed by atoms with E-state index in [2.05, 4.69) is 38.1 Å². The SMILES string of the molecule is CC[C@@H](c1ccccc1)[C@](O)(c1ccccc1)c1cccc(OC)c1.CC[C@H](c1ccccc1)[C@@](O)(c1ccccc1)c1cccc(OC)c1. The normalized spacial score (nSPS) is 14.5. The van der Waals surface area contributed by atoms with Crippen LogP contribution in [0.3, 0.4) is 0 Å². The van der Waals surface area contributed by atoms with Crippen LogP contribution in [0, 0.1) is 0 Å². The Labute approximate surface area is 297 Å². The molecule has 0 heterocycles. The Bertz CT molecular complexity index is 1740. The maximum atomic E-state index is 12.0. The number of methoxy groups -OCH3 is 2. The Morgan fingerprint density at radius 3 is 1.02 bits per heavy atom. The molecule has 0 radical (unpaired) electrons. The van der Waals surface area contributed by atoms with Crippen LogP contribution in [0.2, 0.25) is 0 Å². The standard InChI is InChI=1S/2C23H24O2/c2*1-3-22(18-11-6-4-7-12-18)23(24,19-13-8-5-9-14-19)20-15-10-16-21(17-20)25-2/h2*4-17,22,24H,3H2,1-2H3/t2*22-,23-/m10/s1. The van der Waals surface area contributed by atoms with Crippen molar-refractivity contribution in [2.75, 3.05) is 14.2 Å². The summed E-state index contributed by atoms with van der Waals surface area (Å²) in [7, 11) is 3.30. The Morgan fingerprint density at radius 1 is 0.420 bits per heavy atom. The third kappa shape index (κ3) is 7.68. The Morgan fingerprint density at radius 2 is 0.720 bits per heavy atom. The minimum absolute atomic E-state index is 0.0665. The lowest BCUT2D eigenvalue weighted by molar-refractivity contribution is 0.0472. The van der Waals surface area contributed by atoms with Gasteiger partial charge >= 0.3 is 0 Å². The second-order valence-electron chi connectivity index (χ2n) is 12.5. The van der Waals surface area contributed by atoms with Crippen LogP contribution in [0.1, 0.15) is 71.9 Å². The number of rotatable bonds is 12. The van der Waals surface area contributed by atoms with E-state index in [4.69, 9.17) is 9.47 Å². The van der Waals surface area contributed by atoms with E-state index >= 15 is 0 Å². The fraction of sp³-hybridized carbons (Fsp3) is 0.217. The van der Waals surface area contributed by atoms with Crippen molar-refractivity contribution in [3.63, 3.8) is 0 Å². The largest absolute Gasteiger partial charge is 0.497 e. The summed E-state index contributed by atoms with van der Waals surface area (Å²) in [5.74, 6) is 1.36. The molecule has 0 aliphatic carbocycles. The van der Waals surface area contributed by atoms with Crippen LogP contribution in [0.4, 0.5) is 0 Å². The highest BCUT2D eigenvalue weighted by atomic mass is 16.5. The summed E-state index contributed by atoms with van der Waals surface area (Å²) in [4.78, 5) is 0. The van der Waals surface area contributed by atoms with Gasteiger partial charge in [0.1, 0.15) is 22.7 Å². The van der Waals surface area contributed by atoms with Crippen molar-refractivity contribution < 1.29 is 19.7 Å². The summed E-state index contributed by atoms with van der Waals surface area (Å²) in [5.41, 5.74) is 3.44. The summed E-state index contributed by atoms with van der Waals surface area (Å²) < 4.78 is 10.8. The molecule has 6 rings (SSSR count). The average molecular weight is 665 g/mol. The van der Waals surface area contributed by atoms with E-state index in [0.29, 0.717) is 0 Å². The minimum Gasteiger partial charge on any atom is -0.497 e. The van der Waals surface area contributed by atoms with Gasteiger partial charge in [-0.25, -0.2) is 0 Å². The molecule has 0 fully saturated rings. The van der Waals surface area contributed by atoms with Crippen molar-refractivity contribution in [2.45, 2.75) is 49.7 Å². The minimum atomic E-state index is -1.13. The van der Waals surface area contributed by atoms with E-state index in [1.54, 1.807) is 14.2 Å². The zero-order valence-electron chi connectivity index (χ0n) is 29.4. The summed E-state index contributed by atoms with van der Waals surface area (Å²) in [5, 5.41) is 24.1. The van der Waals surface area contributed by atoms with Gasteiger partial charge in [-0.1, -0.05) is 159 Å². The van der Waals surface area contributed by atoms with Crippen LogP contribution in [-0.4, -0.2) is 24.4 Å². The average Bonchev–Trinajstić information content (AvgIpc) is 3.20. The molecule has 6 aromatic rings. The third-order valence-corrected chi connectivity index (χ3v) is 9.68. The lowest BCUT2D eigenvalue weighted by Crippen LogP contribution is -2.34. The monoisotopic (exact) mass is 664 g/mol. The molecule has 50 heavy (non-hydrogen) atoms. The van der Waals surface area contributed by atoms with E-state index in [1.165, 1.54) is 0 Å². The molecule has 256 valence electrons. The molecule has 0 unspecified atom stereocenters. The molecule has 0 aliphatic rings. The molecule has 6 aromatic carbocycles. The molecular formula is C46H48O4. The molecule has 4 atom stereocenters.